The lowest BCUT2D eigenvalue weighted by Gasteiger charge is -2.11. The molecule has 0 aliphatic carbocycles. The van der Waals surface area contributed by atoms with E-state index in [1.54, 1.807) is 23.9 Å². The first-order valence-corrected chi connectivity index (χ1v) is 12.2. The Bertz CT molecular complexity index is 866. The van der Waals surface area contributed by atoms with Gasteiger partial charge in [-0.05, 0) is 24.3 Å². The number of hydrogen-bond acceptors (Lipinski definition) is 8. The van der Waals surface area contributed by atoms with Crippen LogP contribution >= 0.6 is 34.9 Å². The summed E-state index contributed by atoms with van der Waals surface area (Å²) in [5.41, 5.74) is 0.525. The summed E-state index contributed by atoms with van der Waals surface area (Å²) in [5.74, 6) is 1.03. The van der Waals surface area contributed by atoms with Gasteiger partial charge < -0.3 is 0 Å². The van der Waals surface area contributed by atoms with Gasteiger partial charge in [-0.1, -0.05) is 42.2 Å². The molecule has 25 heavy (non-hydrogen) atoms. The average molecular weight is 416 g/mol. The number of carbonyl (C=O) groups is 1. The number of amides is 1. The van der Waals surface area contributed by atoms with Crippen molar-refractivity contribution >= 4 is 55.7 Å². The van der Waals surface area contributed by atoms with Crippen molar-refractivity contribution in [2.24, 2.45) is 0 Å². The van der Waals surface area contributed by atoms with Gasteiger partial charge in [0.05, 0.1) is 17.1 Å². The molecule has 0 spiro atoms. The van der Waals surface area contributed by atoms with Gasteiger partial charge in [-0.2, -0.15) is 0 Å². The highest BCUT2D eigenvalue weighted by Crippen LogP contribution is 2.33. The fourth-order valence-corrected chi connectivity index (χ4v) is 7.67. The predicted octanol–water partition coefficient (Wildman–Crippen LogP) is 3.18. The van der Waals surface area contributed by atoms with E-state index in [4.69, 9.17) is 0 Å². The standard InChI is InChI=1S/C15H17N3O3S4/c1-2-22-15-18-17-14(24-15)16-13(19)11-5-3-4-6-12(11)23-10-7-8-25(20,21)9-10/h3-6,10H,2,7-9H2,1H3,(H,16,17,19)/t10-/m1/s1. The van der Waals surface area contributed by atoms with Crippen molar-refractivity contribution in [2.75, 3.05) is 22.6 Å². The molecule has 3 rings (SSSR count). The van der Waals surface area contributed by atoms with Gasteiger partial charge in [-0.3, -0.25) is 10.1 Å². The Hall–Kier alpha value is -1.10. The van der Waals surface area contributed by atoms with Crippen LogP contribution in [0.5, 0.6) is 0 Å². The van der Waals surface area contributed by atoms with E-state index < -0.39 is 9.84 Å². The maximum absolute atomic E-state index is 12.6. The largest absolute Gasteiger partial charge is 0.296 e. The molecule has 1 atom stereocenters. The number of aromatic nitrogens is 2. The van der Waals surface area contributed by atoms with Crippen LogP contribution in [0.1, 0.15) is 23.7 Å². The topological polar surface area (TPSA) is 89.0 Å². The minimum atomic E-state index is -2.94. The Labute approximate surface area is 159 Å². The number of sulfone groups is 1. The summed E-state index contributed by atoms with van der Waals surface area (Å²) in [5, 5.41) is 11.2. The molecule has 2 aromatic rings. The van der Waals surface area contributed by atoms with Crippen LogP contribution in [0.4, 0.5) is 5.13 Å². The molecule has 1 aromatic heterocycles. The summed E-state index contributed by atoms with van der Waals surface area (Å²) < 4.78 is 24.1. The molecule has 0 bridgehead atoms. The van der Waals surface area contributed by atoms with Gasteiger partial charge in [-0.15, -0.1) is 22.0 Å². The third-order valence-electron chi connectivity index (χ3n) is 3.51. The zero-order valence-electron chi connectivity index (χ0n) is 13.5. The smallest absolute Gasteiger partial charge is 0.258 e. The van der Waals surface area contributed by atoms with Crippen molar-refractivity contribution in [1.82, 2.24) is 10.2 Å². The van der Waals surface area contributed by atoms with Crippen LogP contribution in [0.2, 0.25) is 0 Å². The van der Waals surface area contributed by atoms with Gasteiger partial charge in [0.15, 0.2) is 14.2 Å². The van der Waals surface area contributed by atoms with Crippen LogP contribution in [-0.4, -0.2) is 47.0 Å². The first-order valence-electron chi connectivity index (χ1n) is 7.70. The van der Waals surface area contributed by atoms with E-state index in [0.29, 0.717) is 17.1 Å². The fourth-order valence-electron chi connectivity index (χ4n) is 2.40. The third-order valence-corrected chi connectivity index (χ3v) is 8.69. The number of thioether (sulfide) groups is 2. The van der Waals surface area contributed by atoms with E-state index in [1.165, 1.54) is 23.1 Å². The molecule has 10 heteroatoms. The lowest BCUT2D eigenvalue weighted by atomic mass is 10.2. The Morgan fingerprint density at radius 3 is 2.88 bits per heavy atom. The van der Waals surface area contributed by atoms with Crippen molar-refractivity contribution in [2.45, 2.75) is 27.8 Å². The first-order chi connectivity index (χ1) is 12.0. The SMILES string of the molecule is CCSc1nnc(NC(=O)c2ccccc2S[C@@H]2CCS(=O)(=O)C2)s1. The quantitative estimate of drug-likeness (QED) is 0.572. The fraction of sp³-hybridized carbons (Fsp3) is 0.400. The molecule has 2 heterocycles. The number of carbonyl (C=O) groups excluding carboxylic acids is 1. The molecular weight excluding hydrogens is 398 g/mol. The van der Waals surface area contributed by atoms with E-state index in [-0.39, 0.29) is 22.7 Å². The number of hydrogen-bond donors (Lipinski definition) is 1. The molecule has 1 saturated heterocycles. The second-order valence-corrected chi connectivity index (χ2v) is 11.5. The molecule has 1 aliphatic heterocycles. The van der Waals surface area contributed by atoms with Crippen molar-refractivity contribution in [3.8, 4) is 0 Å². The van der Waals surface area contributed by atoms with Gasteiger partial charge >= 0.3 is 0 Å². The molecule has 1 aliphatic rings. The number of nitrogens with zero attached hydrogens (tertiary/aromatic N) is 2. The Morgan fingerprint density at radius 2 is 2.16 bits per heavy atom. The highest BCUT2D eigenvalue weighted by molar-refractivity contribution is 8.02. The normalized spacial score (nSPS) is 19.0. The van der Waals surface area contributed by atoms with E-state index in [1.807, 2.05) is 19.1 Å². The minimum Gasteiger partial charge on any atom is -0.296 e. The summed E-state index contributed by atoms with van der Waals surface area (Å²) in [6.45, 7) is 2.03. The molecule has 0 saturated carbocycles. The molecule has 0 unspecified atom stereocenters. The second-order valence-electron chi connectivity index (χ2n) is 5.40. The van der Waals surface area contributed by atoms with Gasteiger partial charge in [0.2, 0.25) is 5.13 Å². The van der Waals surface area contributed by atoms with E-state index in [2.05, 4.69) is 15.5 Å². The van der Waals surface area contributed by atoms with E-state index >= 15 is 0 Å². The second kappa shape index (κ2) is 8.07. The molecule has 1 N–H and O–H groups in total. The lowest BCUT2D eigenvalue weighted by Crippen LogP contribution is -2.14. The van der Waals surface area contributed by atoms with Gasteiger partial charge in [0.1, 0.15) is 0 Å². The van der Waals surface area contributed by atoms with Gasteiger partial charge in [0, 0.05) is 10.1 Å². The number of anilines is 1. The maximum Gasteiger partial charge on any atom is 0.258 e. The number of benzene rings is 1. The van der Waals surface area contributed by atoms with E-state index in [0.717, 1.165) is 15.0 Å². The number of rotatable bonds is 6. The first kappa shape index (κ1) is 18.7. The monoisotopic (exact) mass is 415 g/mol. The summed E-state index contributed by atoms with van der Waals surface area (Å²) >= 11 is 4.37. The van der Waals surface area contributed by atoms with Crippen LogP contribution < -0.4 is 5.32 Å². The van der Waals surface area contributed by atoms with Crippen molar-refractivity contribution < 1.29 is 13.2 Å². The average Bonchev–Trinajstić information content (AvgIpc) is 3.14. The molecule has 134 valence electrons. The zero-order valence-corrected chi connectivity index (χ0v) is 16.7. The summed E-state index contributed by atoms with van der Waals surface area (Å²) in [6.07, 6.45) is 0.622. The highest BCUT2D eigenvalue weighted by Gasteiger charge is 2.29. The predicted molar refractivity (Wildman–Crippen MR) is 104 cm³/mol. The molecule has 0 radical (unpaired) electrons. The molecular formula is C15H17N3O3S4. The highest BCUT2D eigenvalue weighted by atomic mass is 32.2. The summed E-state index contributed by atoms with van der Waals surface area (Å²) in [6, 6.07) is 7.24. The molecule has 1 fully saturated rings. The lowest BCUT2D eigenvalue weighted by molar-refractivity contribution is 0.102. The van der Waals surface area contributed by atoms with Crippen molar-refractivity contribution in [3.05, 3.63) is 29.8 Å². The molecule has 6 nitrogen and oxygen atoms in total. The Morgan fingerprint density at radius 1 is 1.36 bits per heavy atom. The molecule has 1 amide bonds. The third kappa shape index (κ3) is 4.96. The van der Waals surface area contributed by atoms with Crippen LogP contribution in [0.15, 0.2) is 33.5 Å². The van der Waals surface area contributed by atoms with Gasteiger partial charge in [0.25, 0.3) is 5.91 Å². The van der Waals surface area contributed by atoms with Gasteiger partial charge in [-0.25, -0.2) is 8.42 Å². The maximum atomic E-state index is 12.6. The van der Waals surface area contributed by atoms with Crippen molar-refractivity contribution in [3.63, 3.8) is 0 Å². The summed E-state index contributed by atoms with van der Waals surface area (Å²) in [4.78, 5) is 13.4. The van der Waals surface area contributed by atoms with Crippen LogP contribution in [0.25, 0.3) is 0 Å². The van der Waals surface area contributed by atoms with Crippen LogP contribution in [0, 0.1) is 0 Å². The van der Waals surface area contributed by atoms with Crippen LogP contribution in [-0.2, 0) is 9.84 Å². The summed E-state index contributed by atoms with van der Waals surface area (Å²) in [7, 11) is -2.94. The van der Waals surface area contributed by atoms with E-state index in [9.17, 15) is 13.2 Å². The molecule has 1 aromatic carbocycles. The Balaban J connectivity index is 1.72. The minimum absolute atomic E-state index is 0.00645. The number of nitrogens with one attached hydrogen (secondary N) is 1. The van der Waals surface area contributed by atoms with Crippen molar-refractivity contribution in [1.29, 1.82) is 0 Å². The van der Waals surface area contributed by atoms with Crippen LogP contribution in [0.3, 0.4) is 0 Å². The Kier molecular flexibility index (Phi) is 6.03. The zero-order chi connectivity index (χ0) is 17.9.